The lowest BCUT2D eigenvalue weighted by Crippen LogP contribution is -2.13. The minimum Gasteiger partial charge on any atom is -0.396 e. The molecule has 5 heteroatoms. The molecular formula is C14H21FN2O2. The molecular weight excluding hydrogens is 247 g/mol. The Morgan fingerprint density at radius 2 is 2.21 bits per heavy atom. The molecule has 1 aromatic rings. The molecule has 1 aromatic carbocycles. The Kier molecular flexibility index (Phi) is 6.29. The Bertz CT molecular complexity index is 422. The van der Waals surface area contributed by atoms with E-state index in [2.05, 4.69) is 19.2 Å². The van der Waals surface area contributed by atoms with Gasteiger partial charge in [-0.05, 0) is 30.5 Å². The van der Waals surface area contributed by atoms with Crippen LogP contribution in [0.2, 0.25) is 0 Å². The van der Waals surface area contributed by atoms with Gasteiger partial charge in [-0.2, -0.15) is 0 Å². The number of rotatable bonds is 7. The molecule has 0 aromatic heterocycles. The number of carbonyl (C=O) groups excluding carboxylic acids is 1. The third-order valence-electron chi connectivity index (χ3n) is 2.42. The largest absolute Gasteiger partial charge is 0.396 e. The number of ether oxygens (including phenoxy) is 1. The van der Waals surface area contributed by atoms with Crippen LogP contribution in [-0.4, -0.2) is 19.1 Å². The summed E-state index contributed by atoms with van der Waals surface area (Å²) in [5.41, 5.74) is 5.95. The van der Waals surface area contributed by atoms with E-state index in [1.807, 2.05) is 0 Å². The number of carbonyl (C=O) groups is 1. The maximum absolute atomic E-state index is 12.9. The summed E-state index contributed by atoms with van der Waals surface area (Å²) < 4.78 is 18.3. The molecule has 0 radical (unpaired) electrons. The summed E-state index contributed by atoms with van der Waals surface area (Å²) in [5.74, 6) is -0.116. The molecule has 0 atom stereocenters. The zero-order valence-corrected chi connectivity index (χ0v) is 11.4. The van der Waals surface area contributed by atoms with E-state index in [0.29, 0.717) is 37.7 Å². The van der Waals surface area contributed by atoms with Gasteiger partial charge in [-0.15, -0.1) is 0 Å². The Morgan fingerprint density at radius 1 is 1.47 bits per heavy atom. The van der Waals surface area contributed by atoms with Crippen molar-refractivity contribution in [1.82, 2.24) is 0 Å². The van der Waals surface area contributed by atoms with Crippen molar-refractivity contribution in [1.29, 1.82) is 0 Å². The van der Waals surface area contributed by atoms with Crippen LogP contribution in [0.15, 0.2) is 18.2 Å². The summed E-state index contributed by atoms with van der Waals surface area (Å²) in [4.78, 5) is 11.6. The van der Waals surface area contributed by atoms with Crippen molar-refractivity contribution in [2.24, 2.45) is 5.92 Å². The van der Waals surface area contributed by atoms with Crippen molar-refractivity contribution in [3.8, 4) is 0 Å². The lowest BCUT2D eigenvalue weighted by Gasteiger charge is -2.08. The quantitative estimate of drug-likeness (QED) is 0.590. The number of hydrogen-bond donors (Lipinski definition) is 2. The van der Waals surface area contributed by atoms with Crippen LogP contribution >= 0.6 is 0 Å². The van der Waals surface area contributed by atoms with Crippen LogP contribution in [0, 0.1) is 11.7 Å². The molecule has 0 aliphatic heterocycles. The first-order chi connectivity index (χ1) is 8.99. The molecule has 3 N–H and O–H groups in total. The zero-order chi connectivity index (χ0) is 14.3. The fourth-order valence-corrected chi connectivity index (χ4v) is 1.50. The Morgan fingerprint density at radius 3 is 2.84 bits per heavy atom. The van der Waals surface area contributed by atoms with Crippen molar-refractivity contribution in [2.75, 3.05) is 24.3 Å². The summed E-state index contributed by atoms with van der Waals surface area (Å²) in [5, 5.41) is 2.67. The highest BCUT2D eigenvalue weighted by Crippen LogP contribution is 2.16. The van der Waals surface area contributed by atoms with Crippen molar-refractivity contribution in [3.63, 3.8) is 0 Å². The number of anilines is 2. The summed E-state index contributed by atoms with van der Waals surface area (Å²) in [6.07, 6.45) is 1.03. The van der Waals surface area contributed by atoms with Gasteiger partial charge in [0.25, 0.3) is 0 Å². The van der Waals surface area contributed by atoms with Crippen LogP contribution in [0.1, 0.15) is 26.7 Å². The van der Waals surface area contributed by atoms with E-state index in [9.17, 15) is 9.18 Å². The Hall–Kier alpha value is -1.62. The molecule has 0 bridgehead atoms. The molecule has 106 valence electrons. The van der Waals surface area contributed by atoms with E-state index in [1.54, 1.807) is 0 Å². The molecule has 0 fully saturated rings. The molecule has 4 nitrogen and oxygen atoms in total. The van der Waals surface area contributed by atoms with Crippen LogP contribution in [0.4, 0.5) is 15.8 Å². The molecule has 0 aliphatic carbocycles. The van der Waals surface area contributed by atoms with Crippen LogP contribution in [-0.2, 0) is 9.53 Å². The van der Waals surface area contributed by atoms with Crippen molar-refractivity contribution < 1.29 is 13.9 Å². The SMILES string of the molecule is CC(C)COCCCC(=O)Nc1ccc(F)c(N)c1. The first kappa shape index (κ1) is 15.4. The Labute approximate surface area is 113 Å². The van der Waals surface area contributed by atoms with Gasteiger partial charge < -0.3 is 15.8 Å². The second-order valence-corrected chi connectivity index (χ2v) is 4.86. The molecule has 0 saturated carbocycles. The van der Waals surface area contributed by atoms with E-state index in [-0.39, 0.29) is 11.6 Å². The second kappa shape index (κ2) is 7.74. The first-order valence-corrected chi connectivity index (χ1v) is 6.41. The molecule has 0 heterocycles. The summed E-state index contributed by atoms with van der Waals surface area (Å²) >= 11 is 0. The minimum atomic E-state index is -0.486. The predicted octanol–water partition coefficient (Wildman–Crippen LogP) is 2.80. The first-order valence-electron chi connectivity index (χ1n) is 6.41. The van der Waals surface area contributed by atoms with E-state index >= 15 is 0 Å². The summed E-state index contributed by atoms with van der Waals surface area (Å²) in [6.45, 7) is 5.42. The highest BCUT2D eigenvalue weighted by atomic mass is 19.1. The van der Waals surface area contributed by atoms with Gasteiger partial charge in [-0.1, -0.05) is 13.8 Å². The lowest BCUT2D eigenvalue weighted by atomic mass is 10.2. The molecule has 0 spiro atoms. The predicted molar refractivity (Wildman–Crippen MR) is 74.3 cm³/mol. The van der Waals surface area contributed by atoms with Gasteiger partial charge in [-0.25, -0.2) is 4.39 Å². The van der Waals surface area contributed by atoms with E-state index < -0.39 is 5.82 Å². The lowest BCUT2D eigenvalue weighted by molar-refractivity contribution is -0.116. The number of benzene rings is 1. The number of halogens is 1. The molecule has 0 aliphatic rings. The second-order valence-electron chi connectivity index (χ2n) is 4.86. The van der Waals surface area contributed by atoms with Crippen LogP contribution in [0.3, 0.4) is 0 Å². The molecule has 0 saturated heterocycles. The van der Waals surface area contributed by atoms with E-state index in [4.69, 9.17) is 10.5 Å². The average Bonchev–Trinajstić information content (AvgIpc) is 2.33. The fourth-order valence-electron chi connectivity index (χ4n) is 1.50. The fraction of sp³-hybridized carbons (Fsp3) is 0.500. The van der Waals surface area contributed by atoms with Crippen molar-refractivity contribution in [2.45, 2.75) is 26.7 Å². The average molecular weight is 268 g/mol. The van der Waals surface area contributed by atoms with Crippen LogP contribution in [0.5, 0.6) is 0 Å². The van der Waals surface area contributed by atoms with Crippen molar-refractivity contribution in [3.05, 3.63) is 24.0 Å². The molecule has 1 rings (SSSR count). The minimum absolute atomic E-state index is 0.0260. The standard InChI is InChI=1S/C14H21FN2O2/c1-10(2)9-19-7-3-4-14(18)17-11-5-6-12(15)13(16)8-11/h5-6,8,10H,3-4,7,9,16H2,1-2H3,(H,17,18). The van der Waals surface area contributed by atoms with E-state index in [1.165, 1.54) is 18.2 Å². The van der Waals surface area contributed by atoms with Gasteiger partial charge in [0.1, 0.15) is 5.82 Å². The van der Waals surface area contributed by atoms with E-state index in [0.717, 1.165) is 0 Å². The van der Waals surface area contributed by atoms with Gasteiger partial charge in [0.15, 0.2) is 0 Å². The molecule has 19 heavy (non-hydrogen) atoms. The summed E-state index contributed by atoms with van der Waals surface area (Å²) in [7, 11) is 0. The van der Waals surface area contributed by atoms with Gasteiger partial charge >= 0.3 is 0 Å². The monoisotopic (exact) mass is 268 g/mol. The molecule has 1 amide bonds. The third kappa shape index (κ3) is 6.20. The van der Waals surface area contributed by atoms with Gasteiger partial charge in [0.2, 0.25) is 5.91 Å². The number of hydrogen-bond acceptors (Lipinski definition) is 3. The number of nitrogens with two attached hydrogens (primary N) is 1. The van der Waals surface area contributed by atoms with Gasteiger partial charge in [0.05, 0.1) is 5.69 Å². The zero-order valence-electron chi connectivity index (χ0n) is 11.4. The highest BCUT2D eigenvalue weighted by Gasteiger charge is 2.05. The molecule has 0 unspecified atom stereocenters. The normalized spacial score (nSPS) is 10.7. The van der Waals surface area contributed by atoms with Crippen LogP contribution < -0.4 is 11.1 Å². The van der Waals surface area contributed by atoms with Gasteiger partial charge in [0, 0.05) is 25.3 Å². The third-order valence-corrected chi connectivity index (χ3v) is 2.42. The highest BCUT2D eigenvalue weighted by molar-refractivity contribution is 5.91. The topological polar surface area (TPSA) is 64.3 Å². The maximum atomic E-state index is 12.9. The number of nitrogens with one attached hydrogen (secondary N) is 1. The Balaban J connectivity index is 2.25. The van der Waals surface area contributed by atoms with Crippen molar-refractivity contribution >= 4 is 17.3 Å². The number of amides is 1. The van der Waals surface area contributed by atoms with Crippen LogP contribution in [0.25, 0.3) is 0 Å². The number of nitrogen functional groups attached to an aromatic ring is 1. The smallest absolute Gasteiger partial charge is 0.224 e. The maximum Gasteiger partial charge on any atom is 0.224 e. The summed E-state index contributed by atoms with van der Waals surface area (Å²) in [6, 6.07) is 4.12. The van der Waals surface area contributed by atoms with Gasteiger partial charge in [-0.3, -0.25) is 4.79 Å².